The summed E-state index contributed by atoms with van der Waals surface area (Å²) in [6, 6.07) is 3.60. The number of fused-ring (bicyclic) bond motifs is 1. The molecule has 0 atom stereocenters. The quantitative estimate of drug-likeness (QED) is 0.558. The van der Waals surface area contributed by atoms with E-state index in [0.29, 0.717) is 11.3 Å². The van der Waals surface area contributed by atoms with Crippen molar-refractivity contribution in [3.63, 3.8) is 0 Å². The average Bonchev–Trinajstić information content (AvgIpc) is 3.14. The van der Waals surface area contributed by atoms with Gasteiger partial charge in [0.1, 0.15) is 11.5 Å². The first kappa shape index (κ1) is 17.5. The van der Waals surface area contributed by atoms with Crippen LogP contribution in [-0.4, -0.2) is 35.4 Å². The number of aromatic amines is 1. The summed E-state index contributed by atoms with van der Waals surface area (Å²) >= 11 is 0. The first-order valence-electron chi connectivity index (χ1n) is 8.02. The van der Waals surface area contributed by atoms with Gasteiger partial charge in [-0.05, 0) is 17.7 Å². The van der Waals surface area contributed by atoms with Crippen molar-refractivity contribution in [1.29, 1.82) is 0 Å². The molecule has 28 heavy (non-hydrogen) atoms. The average molecular weight is 383 g/mol. The molecule has 10 heteroatoms. The van der Waals surface area contributed by atoms with Gasteiger partial charge in [0.2, 0.25) is 5.82 Å². The van der Waals surface area contributed by atoms with Crippen LogP contribution in [0.2, 0.25) is 0 Å². The third kappa shape index (κ3) is 3.11. The highest BCUT2D eigenvalue weighted by molar-refractivity contribution is 5.87. The van der Waals surface area contributed by atoms with Gasteiger partial charge in [-0.2, -0.15) is 4.39 Å². The van der Waals surface area contributed by atoms with E-state index in [1.807, 2.05) is 0 Å². The summed E-state index contributed by atoms with van der Waals surface area (Å²) < 4.78 is 29.1. The fourth-order valence-corrected chi connectivity index (χ4v) is 2.74. The van der Waals surface area contributed by atoms with Crippen molar-refractivity contribution in [2.45, 2.75) is 6.42 Å². The topological polar surface area (TPSA) is 113 Å². The fraction of sp³-hybridized carbons (Fsp3) is 0.0556. The molecule has 0 unspecified atom stereocenters. The van der Waals surface area contributed by atoms with Crippen molar-refractivity contribution >= 4 is 11.6 Å². The molecule has 2 N–H and O–H groups in total. The maximum absolute atomic E-state index is 14.3. The monoisotopic (exact) mass is 383 g/mol. The second kappa shape index (κ2) is 6.65. The van der Waals surface area contributed by atoms with Crippen molar-refractivity contribution < 1.29 is 18.7 Å². The Morgan fingerprint density at radius 1 is 1.21 bits per heavy atom. The maximum atomic E-state index is 14.3. The summed E-state index contributed by atoms with van der Waals surface area (Å²) in [6.45, 7) is 0. The minimum absolute atomic E-state index is 0.0194. The number of aromatic nitrogens is 5. The molecule has 4 rings (SSSR count). The van der Waals surface area contributed by atoms with Gasteiger partial charge in [-0.25, -0.2) is 24.1 Å². The zero-order valence-electron chi connectivity index (χ0n) is 14.1. The van der Waals surface area contributed by atoms with Crippen molar-refractivity contribution in [3.8, 4) is 11.5 Å². The molecule has 1 aromatic carbocycles. The Bertz CT molecular complexity index is 1280. The number of carbonyl (C=O) groups is 1. The van der Waals surface area contributed by atoms with Gasteiger partial charge in [0, 0.05) is 25.0 Å². The van der Waals surface area contributed by atoms with Crippen LogP contribution in [0.5, 0.6) is 0 Å². The van der Waals surface area contributed by atoms with Gasteiger partial charge < -0.3 is 14.5 Å². The molecule has 0 amide bonds. The van der Waals surface area contributed by atoms with Crippen LogP contribution in [0.1, 0.15) is 21.6 Å². The van der Waals surface area contributed by atoms with Crippen LogP contribution in [0, 0.1) is 11.6 Å². The van der Waals surface area contributed by atoms with Crippen LogP contribution < -0.4 is 5.56 Å². The molecule has 3 aromatic heterocycles. The molecule has 0 saturated heterocycles. The van der Waals surface area contributed by atoms with E-state index in [9.17, 15) is 18.4 Å². The first-order valence-corrected chi connectivity index (χ1v) is 8.02. The van der Waals surface area contributed by atoms with Gasteiger partial charge in [0.05, 0.1) is 17.5 Å². The molecule has 3 heterocycles. The number of halogens is 2. The Labute approximate surface area is 155 Å². The zero-order chi connectivity index (χ0) is 19.8. The molecular formula is C18H11F2N5O3. The van der Waals surface area contributed by atoms with E-state index < -0.39 is 23.2 Å². The number of nitrogens with one attached hydrogen (secondary N) is 1. The molecule has 0 aliphatic heterocycles. The summed E-state index contributed by atoms with van der Waals surface area (Å²) in [4.78, 5) is 37.2. The lowest BCUT2D eigenvalue weighted by Gasteiger charge is -2.08. The highest BCUT2D eigenvalue weighted by Crippen LogP contribution is 2.20. The van der Waals surface area contributed by atoms with Gasteiger partial charge >= 0.3 is 5.97 Å². The highest BCUT2D eigenvalue weighted by atomic mass is 19.1. The lowest BCUT2D eigenvalue weighted by Crippen LogP contribution is -2.13. The van der Waals surface area contributed by atoms with Gasteiger partial charge in [-0.15, -0.1) is 0 Å². The number of nitrogens with zero attached hydrogens (tertiary/aromatic N) is 4. The maximum Gasteiger partial charge on any atom is 0.335 e. The highest BCUT2D eigenvalue weighted by Gasteiger charge is 2.15. The number of carboxylic acids is 1. The summed E-state index contributed by atoms with van der Waals surface area (Å²) in [5, 5.41) is 8.95. The zero-order valence-corrected chi connectivity index (χ0v) is 14.1. The molecular weight excluding hydrogens is 372 g/mol. The van der Waals surface area contributed by atoms with E-state index in [2.05, 4.69) is 19.9 Å². The Morgan fingerprint density at radius 2 is 2.04 bits per heavy atom. The fourth-order valence-electron chi connectivity index (χ4n) is 2.74. The number of H-pyrrole nitrogens is 1. The summed E-state index contributed by atoms with van der Waals surface area (Å²) in [5.74, 6) is -2.89. The van der Waals surface area contributed by atoms with Gasteiger partial charge in [0.25, 0.3) is 5.56 Å². The van der Waals surface area contributed by atoms with Gasteiger partial charge in [-0.1, -0.05) is 6.07 Å². The number of imidazole rings is 1. The SMILES string of the molecule is O=C(O)c1ccc(Cc2nc(-c3ncc(F)c(=O)[nH]3)cn3ccnc23)c(F)c1. The van der Waals surface area contributed by atoms with Crippen molar-refractivity contribution in [2.24, 2.45) is 0 Å². The number of hydrogen-bond donors (Lipinski definition) is 2. The molecule has 4 aromatic rings. The first-order chi connectivity index (χ1) is 13.4. The van der Waals surface area contributed by atoms with Gasteiger partial charge in [-0.3, -0.25) is 4.79 Å². The number of aromatic carboxylic acids is 1. The number of rotatable bonds is 4. The molecule has 0 spiro atoms. The summed E-state index contributed by atoms with van der Waals surface area (Å²) in [7, 11) is 0. The Morgan fingerprint density at radius 3 is 2.75 bits per heavy atom. The second-order valence-electron chi connectivity index (χ2n) is 5.93. The number of benzene rings is 1. The molecule has 140 valence electrons. The van der Waals surface area contributed by atoms with Gasteiger partial charge in [0.15, 0.2) is 11.5 Å². The van der Waals surface area contributed by atoms with Crippen LogP contribution in [-0.2, 0) is 6.42 Å². The predicted molar refractivity (Wildman–Crippen MR) is 93.0 cm³/mol. The second-order valence-corrected chi connectivity index (χ2v) is 5.93. The minimum atomic E-state index is -1.23. The normalized spacial score (nSPS) is 11.1. The van der Waals surface area contributed by atoms with E-state index in [-0.39, 0.29) is 29.1 Å². The van der Waals surface area contributed by atoms with E-state index in [1.54, 1.807) is 16.8 Å². The number of carboxylic acid groups (broad SMARTS) is 1. The summed E-state index contributed by atoms with van der Waals surface area (Å²) in [5.41, 5.74) is 0.183. The number of hydrogen-bond acceptors (Lipinski definition) is 5. The molecule has 8 nitrogen and oxygen atoms in total. The predicted octanol–water partition coefficient (Wildman–Crippen LogP) is 2.05. The molecule has 0 saturated carbocycles. The molecule has 0 aliphatic rings. The van der Waals surface area contributed by atoms with Crippen molar-refractivity contribution in [3.05, 3.63) is 81.8 Å². The van der Waals surface area contributed by atoms with E-state index in [0.717, 1.165) is 12.3 Å². The van der Waals surface area contributed by atoms with E-state index in [4.69, 9.17) is 5.11 Å². The standard InChI is InChI=1S/C18H11F2N5O3/c19-11-5-10(18(27)28)2-1-9(11)6-13-16-21-3-4-25(16)8-14(23-13)15-22-7-12(20)17(26)24-15/h1-5,7-8H,6H2,(H,27,28)(H,22,24,26). The minimum Gasteiger partial charge on any atom is -0.478 e. The lowest BCUT2D eigenvalue weighted by molar-refractivity contribution is 0.0696. The van der Waals surface area contributed by atoms with E-state index in [1.165, 1.54) is 18.3 Å². The molecule has 0 bridgehead atoms. The Kier molecular flexibility index (Phi) is 4.15. The molecule has 0 fully saturated rings. The smallest absolute Gasteiger partial charge is 0.335 e. The van der Waals surface area contributed by atoms with Crippen LogP contribution in [0.15, 0.2) is 47.8 Å². The van der Waals surface area contributed by atoms with Crippen molar-refractivity contribution in [1.82, 2.24) is 24.3 Å². The van der Waals surface area contributed by atoms with Crippen molar-refractivity contribution in [2.75, 3.05) is 0 Å². The third-order valence-corrected chi connectivity index (χ3v) is 4.10. The van der Waals surface area contributed by atoms with Crippen LogP contribution in [0.25, 0.3) is 17.2 Å². The summed E-state index contributed by atoms with van der Waals surface area (Å²) in [6.07, 6.45) is 5.51. The molecule has 0 aliphatic carbocycles. The van der Waals surface area contributed by atoms with Crippen LogP contribution >= 0.6 is 0 Å². The Hall–Kier alpha value is -3.95. The van der Waals surface area contributed by atoms with Crippen LogP contribution in [0.3, 0.4) is 0 Å². The molecule has 0 radical (unpaired) electrons. The van der Waals surface area contributed by atoms with Crippen LogP contribution in [0.4, 0.5) is 8.78 Å². The van der Waals surface area contributed by atoms with E-state index >= 15 is 0 Å². The lowest BCUT2D eigenvalue weighted by atomic mass is 10.1. The largest absolute Gasteiger partial charge is 0.478 e. The Balaban J connectivity index is 1.80. The third-order valence-electron chi connectivity index (χ3n) is 4.10.